The number of rotatable bonds is 4. The lowest BCUT2D eigenvalue weighted by atomic mass is 10.1. The van der Waals surface area contributed by atoms with Crippen molar-refractivity contribution in [2.24, 2.45) is 0 Å². The molecule has 0 spiro atoms. The molecule has 0 fully saturated rings. The van der Waals surface area contributed by atoms with Crippen molar-refractivity contribution in [1.82, 2.24) is 9.78 Å². The lowest BCUT2D eigenvalue weighted by molar-refractivity contribution is -0.137. The van der Waals surface area contributed by atoms with Crippen molar-refractivity contribution in [3.8, 4) is 22.8 Å². The summed E-state index contributed by atoms with van der Waals surface area (Å²) in [5, 5.41) is 14.7. The van der Waals surface area contributed by atoms with Gasteiger partial charge in [0.05, 0.1) is 37.1 Å². The molecule has 1 N–H and O–H groups in total. The third kappa shape index (κ3) is 4.72. The minimum atomic E-state index is -4.46. The fourth-order valence-electron chi connectivity index (χ4n) is 3.22. The van der Waals surface area contributed by atoms with Gasteiger partial charge in [0.25, 0.3) is 5.56 Å². The molecule has 1 atom stereocenters. The highest BCUT2D eigenvalue weighted by Crippen LogP contribution is 2.33. The van der Waals surface area contributed by atoms with Gasteiger partial charge in [-0.15, -0.1) is 0 Å². The van der Waals surface area contributed by atoms with E-state index in [0.717, 1.165) is 23.2 Å². The summed E-state index contributed by atoms with van der Waals surface area (Å²) in [6.07, 6.45) is -4.89. The van der Waals surface area contributed by atoms with Crippen molar-refractivity contribution in [3.63, 3.8) is 0 Å². The van der Waals surface area contributed by atoms with Crippen LogP contribution in [0, 0.1) is 0 Å². The minimum absolute atomic E-state index is 0.206. The molecule has 162 valence electrons. The van der Waals surface area contributed by atoms with Gasteiger partial charge in [-0.25, -0.2) is 4.68 Å². The van der Waals surface area contributed by atoms with E-state index in [4.69, 9.17) is 9.47 Å². The topological polar surface area (TPSA) is 73.6 Å². The monoisotopic (exact) mass is 432 g/mol. The fraction of sp³-hybridized carbons (Fsp3) is 0.273. The summed E-state index contributed by atoms with van der Waals surface area (Å²) in [5.41, 5.74) is 0.179. The van der Waals surface area contributed by atoms with Gasteiger partial charge in [-0.1, -0.05) is 12.1 Å². The normalized spacial score (nSPS) is 14.7. The predicted molar refractivity (Wildman–Crippen MR) is 106 cm³/mol. The Bertz CT molecular complexity index is 1130. The quantitative estimate of drug-likeness (QED) is 0.679. The molecule has 0 aliphatic carbocycles. The van der Waals surface area contributed by atoms with E-state index < -0.39 is 23.4 Å². The maximum absolute atomic E-state index is 12.7. The van der Waals surface area contributed by atoms with Crippen LogP contribution in [0.4, 0.5) is 13.2 Å². The van der Waals surface area contributed by atoms with Crippen molar-refractivity contribution in [2.45, 2.75) is 25.2 Å². The summed E-state index contributed by atoms with van der Waals surface area (Å²) in [7, 11) is 0. The molecule has 2 aromatic carbocycles. The number of ether oxygens (including phenoxy) is 2. The van der Waals surface area contributed by atoms with E-state index in [9.17, 15) is 23.1 Å². The molecule has 1 aliphatic heterocycles. The molecule has 6 nitrogen and oxygen atoms in total. The summed E-state index contributed by atoms with van der Waals surface area (Å²) in [4.78, 5) is 12.2. The van der Waals surface area contributed by atoms with Crippen molar-refractivity contribution >= 4 is 0 Å². The highest BCUT2D eigenvalue weighted by Gasteiger charge is 2.30. The van der Waals surface area contributed by atoms with Crippen molar-refractivity contribution < 1.29 is 27.8 Å². The van der Waals surface area contributed by atoms with Gasteiger partial charge in [-0.2, -0.15) is 18.3 Å². The largest absolute Gasteiger partial charge is 0.490 e. The van der Waals surface area contributed by atoms with Gasteiger partial charge in [0.15, 0.2) is 11.5 Å². The standard InChI is InChI=1S/C22H19F3N2O4/c23-22(24,25)16-5-2-14(3-6-16)18(28)13-27-21(29)9-7-17(26-27)15-4-8-19-20(12-15)31-11-1-10-30-19/h2-9,12,18,28H,1,10-11,13H2/t18-/m1/s1. The van der Waals surface area contributed by atoms with Crippen molar-refractivity contribution in [2.75, 3.05) is 13.2 Å². The number of hydrogen-bond acceptors (Lipinski definition) is 5. The molecule has 0 bridgehead atoms. The number of aliphatic hydroxyl groups is 1. The zero-order valence-electron chi connectivity index (χ0n) is 16.3. The average molecular weight is 432 g/mol. The third-order valence-corrected chi connectivity index (χ3v) is 4.88. The van der Waals surface area contributed by atoms with Gasteiger partial charge in [0, 0.05) is 18.1 Å². The number of benzene rings is 2. The summed E-state index contributed by atoms with van der Waals surface area (Å²) in [6.45, 7) is 0.891. The van der Waals surface area contributed by atoms with Crippen LogP contribution < -0.4 is 15.0 Å². The number of aliphatic hydroxyl groups excluding tert-OH is 1. The smallest absolute Gasteiger partial charge is 0.416 e. The van der Waals surface area contributed by atoms with Crippen LogP contribution in [0.15, 0.2) is 59.4 Å². The molecule has 31 heavy (non-hydrogen) atoms. The van der Waals surface area contributed by atoms with Gasteiger partial charge < -0.3 is 14.6 Å². The number of fused-ring (bicyclic) bond motifs is 1. The van der Waals surface area contributed by atoms with E-state index in [2.05, 4.69) is 5.10 Å². The molecule has 1 aromatic heterocycles. The molecule has 0 saturated carbocycles. The molecule has 4 rings (SSSR count). The Labute approximate surface area is 175 Å². The van der Waals surface area contributed by atoms with Crippen LogP contribution in [-0.4, -0.2) is 28.1 Å². The molecule has 0 amide bonds. The molecule has 9 heteroatoms. The highest BCUT2D eigenvalue weighted by atomic mass is 19.4. The highest BCUT2D eigenvalue weighted by molar-refractivity contribution is 5.63. The Balaban J connectivity index is 1.57. The van der Waals surface area contributed by atoms with Gasteiger partial charge >= 0.3 is 6.18 Å². The first-order valence-electron chi connectivity index (χ1n) is 9.65. The third-order valence-electron chi connectivity index (χ3n) is 4.88. The summed E-state index contributed by atoms with van der Waals surface area (Å²) in [5.74, 6) is 1.21. The fourth-order valence-corrected chi connectivity index (χ4v) is 3.22. The van der Waals surface area contributed by atoms with E-state index >= 15 is 0 Å². The summed E-state index contributed by atoms with van der Waals surface area (Å²) in [6, 6.07) is 12.4. The molecule has 0 unspecified atom stereocenters. The van der Waals surface area contributed by atoms with Crippen LogP contribution in [0.1, 0.15) is 23.7 Å². The zero-order valence-corrected chi connectivity index (χ0v) is 16.3. The average Bonchev–Trinajstić information content (AvgIpc) is 2.99. The molecular formula is C22H19F3N2O4. The van der Waals surface area contributed by atoms with Crippen LogP contribution in [0.3, 0.4) is 0 Å². The van der Waals surface area contributed by atoms with Gasteiger partial charge in [-0.3, -0.25) is 4.79 Å². The zero-order chi connectivity index (χ0) is 22.0. The van der Waals surface area contributed by atoms with Crippen LogP contribution in [0.25, 0.3) is 11.3 Å². The second kappa shape index (κ2) is 8.43. The summed E-state index contributed by atoms with van der Waals surface area (Å²) >= 11 is 0. The molecule has 1 aliphatic rings. The van der Waals surface area contributed by atoms with Crippen LogP contribution in [0.5, 0.6) is 11.5 Å². The second-order valence-corrected chi connectivity index (χ2v) is 7.09. The molecule has 2 heterocycles. The van der Waals surface area contributed by atoms with Gasteiger partial charge in [-0.05, 0) is 42.0 Å². The Hall–Kier alpha value is -3.33. The summed E-state index contributed by atoms with van der Waals surface area (Å²) < 4.78 is 50.5. The van der Waals surface area contributed by atoms with Gasteiger partial charge in [0.1, 0.15) is 0 Å². The van der Waals surface area contributed by atoms with E-state index in [-0.39, 0.29) is 12.1 Å². The van der Waals surface area contributed by atoms with Crippen molar-refractivity contribution in [3.05, 3.63) is 76.1 Å². The Morgan fingerprint density at radius 2 is 1.71 bits per heavy atom. The lowest BCUT2D eigenvalue weighted by Crippen LogP contribution is -2.25. The number of aromatic nitrogens is 2. The number of hydrogen-bond donors (Lipinski definition) is 1. The maximum atomic E-state index is 12.7. The first kappa shape index (κ1) is 20.9. The van der Waals surface area contributed by atoms with E-state index in [1.165, 1.54) is 18.2 Å². The Kier molecular flexibility index (Phi) is 5.69. The van der Waals surface area contributed by atoms with E-state index in [1.54, 1.807) is 24.3 Å². The van der Waals surface area contributed by atoms with Crippen LogP contribution >= 0.6 is 0 Å². The number of nitrogens with zero attached hydrogens (tertiary/aromatic N) is 2. The predicted octanol–water partition coefficient (Wildman–Crippen LogP) is 3.82. The maximum Gasteiger partial charge on any atom is 0.416 e. The SMILES string of the molecule is O=c1ccc(-c2ccc3c(c2)OCCCO3)nn1C[C@@H](O)c1ccc(C(F)(F)F)cc1. The van der Waals surface area contributed by atoms with Crippen LogP contribution in [0.2, 0.25) is 0 Å². The van der Waals surface area contributed by atoms with Gasteiger partial charge in [0.2, 0.25) is 0 Å². The van der Waals surface area contributed by atoms with E-state index in [1.807, 2.05) is 0 Å². The molecule has 0 radical (unpaired) electrons. The molecule has 0 saturated heterocycles. The second-order valence-electron chi connectivity index (χ2n) is 7.09. The number of alkyl halides is 3. The first-order chi connectivity index (χ1) is 14.8. The minimum Gasteiger partial charge on any atom is -0.490 e. The van der Waals surface area contributed by atoms with Crippen LogP contribution in [-0.2, 0) is 12.7 Å². The Morgan fingerprint density at radius 3 is 2.42 bits per heavy atom. The Morgan fingerprint density at radius 1 is 1.00 bits per heavy atom. The lowest BCUT2D eigenvalue weighted by Gasteiger charge is -2.15. The number of halogens is 3. The van der Waals surface area contributed by atoms with E-state index in [0.29, 0.717) is 36.0 Å². The first-order valence-corrected chi connectivity index (χ1v) is 9.65. The molecular weight excluding hydrogens is 413 g/mol. The molecule has 3 aromatic rings. The van der Waals surface area contributed by atoms with Crippen molar-refractivity contribution in [1.29, 1.82) is 0 Å².